The summed E-state index contributed by atoms with van der Waals surface area (Å²) in [4.78, 5) is 42.5. The number of imide groups is 1. The standard InChI is InChI=1S/C23H20N2O3/c1-13-7-9-15(10-8-13)21(26)20-18-17(22(27)24(2)23(18)28)19-16-6-4-3-5-14(16)11-12-25(19)20/h3-12,17-20H,1-2H3/t17-,18+,19+,20-/m1/s1. The number of rotatable bonds is 2. The molecule has 0 bridgehead atoms. The van der Waals surface area contributed by atoms with Gasteiger partial charge in [0, 0.05) is 18.8 Å². The van der Waals surface area contributed by atoms with E-state index < -0.39 is 17.9 Å². The smallest absolute Gasteiger partial charge is 0.235 e. The lowest BCUT2D eigenvalue weighted by Gasteiger charge is -2.35. The Balaban J connectivity index is 1.65. The molecule has 0 N–H and O–H groups in total. The first kappa shape index (κ1) is 16.9. The fourth-order valence-electron chi connectivity index (χ4n) is 4.89. The Labute approximate surface area is 163 Å². The average Bonchev–Trinajstić information content (AvgIpc) is 3.17. The molecule has 3 aliphatic heterocycles. The van der Waals surface area contributed by atoms with Crippen molar-refractivity contribution in [3.8, 4) is 0 Å². The first-order valence-electron chi connectivity index (χ1n) is 9.46. The van der Waals surface area contributed by atoms with Crippen molar-refractivity contribution in [3.05, 3.63) is 77.0 Å². The quantitative estimate of drug-likeness (QED) is 0.601. The number of carbonyl (C=O) groups excluding carboxylic acids is 3. The third-order valence-corrected chi connectivity index (χ3v) is 6.29. The molecule has 0 aromatic heterocycles. The van der Waals surface area contributed by atoms with Crippen LogP contribution in [0.3, 0.4) is 0 Å². The molecule has 2 aromatic rings. The normalized spacial score (nSPS) is 27.6. The summed E-state index contributed by atoms with van der Waals surface area (Å²) in [6, 6.07) is 14.3. The Kier molecular flexibility index (Phi) is 3.56. The van der Waals surface area contributed by atoms with Crippen LogP contribution in [0.25, 0.3) is 6.08 Å². The van der Waals surface area contributed by atoms with E-state index in [2.05, 4.69) is 0 Å². The molecule has 0 radical (unpaired) electrons. The number of aryl methyl sites for hydroxylation is 1. The van der Waals surface area contributed by atoms with Gasteiger partial charge in [0.1, 0.15) is 6.04 Å². The summed E-state index contributed by atoms with van der Waals surface area (Å²) >= 11 is 0. The maximum absolute atomic E-state index is 13.5. The summed E-state index contributed by atoms with van der Waals surface area (Å²) in [5.41, 5.74) is 3.66. The Bertz CT molecular complexity index is 1040. The Hall–Kier alpha value is -3.21. The van der Waals surface area contributed by atoms with E-state index >= 15 is 0 Å². The van der Waals surface area contributed by atoms with E-state index in [1.807, 2.05) is 60.5 Å². The third kappa shape index (κ3) is 2.16. The maximum Gasteiger partial charge on any atom is 0.235 e. The molecule has 28 heavy (non-hydrogen) atoms. The lowest BCUT2D eigenvalue weighted by molar-refractivity contribution is -0.139. The van der Waals surface area contributed by atoms with Gasteiger partial charge in [0.25, 0.3) is 0 Å². The van der Waals surface area contributed by atoms with Crippen LogP contribution in [-0.4, -0.2) is 40.5 Å². The average molecular weight is 372 g/mol. The van der Waals surface area contributed by atoms with Crippen LogP contribution < -0.4 is 0 Å². The summed E-state index contributed by atoms with van der Waals surface area (Å²) in [7, 11) is 1.52. The molecule has 2 fully saturated rings. The molecule has 5 rings (SSSR count). The number of benzene rings is 2. The SMILES string of the molecule is Cc1ccc(C(=O)[C@H]2[C@H]3C(=O)N(C)C(=O)[C@H]3[C@@H]3c4ccccc4C=CN23)cc1. The zero-order valence-electron chi connectivity index (χ0n) is 15.7. The van der Waals surface area contributed by atoms with Gasteiger partial charge in [0.2, 0.25) is 11.8 Å². The lowest BCUT2D eigenvalue weighted by Crippen LogP contribution is -2.43. The van der Waals surface area contributed by atoms with Crippen molar-refractivity contribution in [2.75, 3.05) is 7.05 Å². The van der Waals surface area contributed by atoms with Crippen molar-refractivity contribution < 1.29 is 14.4 Å². The third-order valence-electron chi connectivity index (χ3n) is 6.29. The fourth-order valence-corrected chi connectivity index (χ4v) is 4.89. The van der Waals surface area contributed by atoms with Gasteiger partial charge in [0.15, 0.2) is 5.78 Å². The molecule has 2 amide bonds. The molecule has 5 heteroatoms. The van der Waals surface area contributed by atoms with E-state index in [9.17, 15) is 14.4 Å². The topological polar surface area (TPSA) is 57.7 Å². The predicted molar refractivity (Wildman–Crippen MR) is 104 cm³/mol. The summed E-state index contributed by atoms with van der Waals surface area (Å²) in [5.74, 6) is -1.77. The van der Waals surface area contributed by atoms with Crippen molar-refractivity contribution in [1.29, 1.82) is 0 Å². The minimum absolute atomic E-state index is 0.113. The molecule has 4 atom stereocenters. The molecule has 2 saturated heterocycles. The second-order valence-electron chi connectivity index (χ2n) is 7.80. The summed E-state index contributed by atoms with van der Waals surface area (Å²) in [5, 5.41) is 0. The van der Waals surface area contributed by atoms with Crippen molar-refractivity contribution in [2.45, 2.75) is 19.0 Å². The number of likely N-dealkylation sites (tertiary alicyclic amines) is 1. The second kappa shape index (κ2) is 5.89. The zero-order chi connectivity index (χ0) is 19.6. The van der Waals surface area contributed by atoms with E-state index in [-0.39, 0.29) is 23.6 Å². The second-order valence-corrected chi connectivity index (χ2v) is 7.80. The highest BCUT2D eigenvalue weighted by Crippen LogP contribution is 2.52. The number of hydrogen-bond donors (Lipinski definition) is 0. The molecule has 140 valence electrons. The largest absolute Gasteiger partial charge is 0.358 e. The Morgan fingerprint density at radius 1 is 0.929 bits per heavy atom. The molecule has 2 aromatic carbocycles. The van der Waals surface area contributed by atoms with E-state index in [0.717, 1.165) is 16.7 Å². The van der Waals surface area contributed by atoms with Crippen LogP contribution in [0, 0.1) is 18.8 Å². The van der Waals surface area contributed by atoms with Crippen LogP contribution >= 0.6 is 0 Å². The lowest BCUT2D eigenvalue weighted by atomic mass is 9.83. The monoisotopic (exact) mass is 372 g/mol. The van der Waals surface area contributed by atoms with Gasteiger partial charge in [-0.05, 0) is 24.1 Å². The van der Waals surface area contributed by atoms with Crippen molar-refractivity contribution in [3.63, 3.8) is 0 Å². The first-order valence-corrected chi connectivity index (χ1v) is 9.46. The van der Waals surface area contributed by atoms with E-state index in [1.54, 1.807) is 12.1 Å². The molecule has 0 unspecified atom stereocenters. The highest BCUT2D eigenvalue weighted by molar-refractivity contribution is 6.11. The van der Waals surface area contributed by atoms with Gasteiger partial charge in [-0.3, -0.25) is 19.3 Å². The van der Waals surface area contributed by atoms with Crippen LogP contribution in [0.1, 0.15) is 33.1 Å². The van der Waals surface area contributed by atoms with E-state index in [1.165, 1.54) is 11.9 Å². The number of amides is 2. The molecule has 0 aliphatic carbocycles. The van der Waals surface area contributed by atoms with Crippen LogP contribution in [0.15, 0.2) is 54.7 Å². The van der Waals surface area contributed by atoms with Crippen LogP contribution in [0.5, 0.6) is 0 Å². The highest BCUT2D eigenvalue weighted by Gasteiger charge is 2.63. The molecular weight excluding hydrogens is 352 g/mol. The van der Waals surface area contributed by atoms with Gasteiger partial charge in [-0.15, -0.1) is 0 Å². The zero-order valence-corrected chi connectivity index (χ0v) is 15.7. The first-order chi connectivity index (χ1) is 13.5. The van der Waals surface area contributed by atoms with Gasteiger partial charge < -0.3 is 4.90 Å². The minimum Gasteiger partial charge on any atom is -0.358 e. The molecule has 0 spiro atoms. The number of hydrogen-bond acceptors (Lipinski definition) is 4. The van der Waals surface area contributed by atoms with Crippen molar-refractivity contribution in [2.24, 2.45) is 11.8 Å². The number of nitrogens with zero attached hydrogens (tertiary/aromatic N) is 2. The van der Waals surface area contributed by atoms with Crippen LogP contribution in [0.4, 0.5) is 0 Å². The number of fused-ring (bicyclic) bond motifs is 5. The summed E-state index contributed by atoms with van der Waals surface area (Å²) in [6.45, 7) is 1.97. The van der Waals surface area contributed by atoms with Gasteiger partial charge in [-0.25, -0.2) is 0 Å². The summed E-state index contributed by atoms with van der Waals surface area (Å²) < 4.78 is 0. The van der Waals surface area contributed by atoms with Gasteiger partial charge >= 0.3 is 0 Å². The minimum atomic E-state index is -0.677. The van der Waals surface area contributed by atoms with Gasteiger partial charge in [-0.1, -0.05) is 54.1 Å². The Morgan fingerprint density at radius 3 is 2.36 bits per heavy atom. The molecular formula is C23H20N2O3. The fraction of sp³-hybridized carbons (Fsp3) is 0.261. The van der Waals surface area contributed by atoms with Crippen LogP contribution in [-0.2, 0) is 9.59 Å². The van der Waals surface area contributed by atoms with E-state index in [0.29, 0.717) is 5.56 Å². The molecule has 0 saturated carbocycles. The van der Waals surface area contributed by atoms with Crippen LogP contribution in [0.2, 0.25) is 0 Å². The number of carbonyl (C=O) groups is 3. The maximum atomic E-state index is 13.5. The molecule has 3 aliphatic rings. The summed E-state index contributed by atoms with van der Waals surface area (Å²) in [6.07, 6.45) is 3.84. The predicted octanol–water partition coefficient (Wildman–Crippen LogP) is 2.82. The number of Topliss-reactive ketones (excluding diaryl/α,β-unsaturated/α-hetero) is 1. The highest BCUT2D eigenvalue weighted by atomic mass is 16.2. The van der Waals surface area contributed by atoms with Crippen molar-refractivity contribution in [1.82, 2.24) is 9.80 Å². The Morgan fingerprint density at radius 2 is 1.61 bits per heavy atom. The van der Waals surface area contributed by atoms with Crippen molar-refractivity contribution >= 4 is 23.7 Å². The molecule has 3 heterocycles. The molecule has 5 nitrogen and oxygen atoms in total. The number of ketones is 1. The van der Waals surface area contributed by atoms with E-state index in [4.69, 9.17) is 0 Å². The van der Waals surface area contributed by atoms with Gasteiger partial charge in [0.05, 0.1) is 17.9 Å². The van der Waals surface area contributed by atoms with Gasteiger partial charge in [-0.2, -0.15) is 0 Å².